The molecule has 22 heavy (non-hydrogen) atoms. The smallest absolute Gasteiger partial charge is 0.270 e. The van der Waals surface area contributed by atoms with Crippen LogP contribution in [0.15, 0.2) is 48.5 Å². The SMILES string of the molecule is Cc1cccc(C(=O)NCc2nnnn2-c2ccccc2)n1. The van der Waals surface area contributed by atoms with Crippen molar-refractivity contribution in [2.24, 2.45) is 0 Å². The first-order chi connectivity index (χ1) is 10.7. The Morgan fingerprint density at radius 1 is 1.14 bits per heavy atom. The van der Waals surface area contributed by atoms with Gasteiger partial charge in [-0.2, -0.15) is 4.68 Å². The predicted molar refractivity (Wildman–Crippen MR) is 79.3 cm³/mol. The van der Waals surface area contributed by atoms with Gasteiger partial charge in [-0.15, -0.1) is 5.10 Å². The minimum atomic E-state index is -0.258. The van der Waals surface area contributed by atoms with Crippen LogP contribution < -0.4 is 5.32 Å². The van der Waals surface area contributed by atoms with E-state index in [1.54, 1.807) is 16.8 Å². The first-order valence-electron chi connectivity index (χ1n) is 6.78. The van der Waals surface area contributed by atoms with Gasteiger partial charge in [0.05, 0.1) is 12.2 Å². The van der Waals surface area contributed by atoms with Crippen molar-refractivity contribution in [1.82, 2.24) is 30.5 Å². The molecule has 0 aliphatic rings. The van der Waals surface area contributed by atoms with Gasteiger partial charge >= 0.3 is 0 Å². The summed E-state index contributed by atoms with van der Waals surface area (Å²) in [4.78, 5) is 16.3. The van der Waals surface area contributed by atoms with E-state index in [2.05, 4.69) is 25.8 Å². The molecule has 0 spiro atoms. The number of hydrogen-bond donors (Lipinski definition) is 1. The fourth-order valence-electron chi connectivity index (χ4n) is 2.01. The van der Waals surface area contributed by atoms with Crippen molar-refractivity contribution >= 4 is 5.91 Å². The molecule has 0 aliphatic carbocycles. The van der Waals surface area contributed by atoms with Crippen LogP contribution in [-0.2, 0) is 6.54 Å². The van der Waals surface area contributed by atoms with Crippen molar-refractivity contribution in [3.8, 4) is 5.69 Å². The van der Waals surface area contributed by atoms with Gasteiger partial charge in [-0.05, 0) is 41.6 Å². The molecular weight excluding hydrogens is 280 g/mol. The van der Waals surface area contributed by atoms with Crippen LogP contribution in [-0.4, -0.2) is 31.1 Å². The Kier molecular flexibility index (Phi) is 3.86. The highest BCUT2D eigenvalue weighted by Gasteiger charge is 2.11. The summed E-state index contributed by atoms with van der Waals surface area (Å²) < 4.78 is 1.59. The average Bonchev–Trinajstić information content (AvgIpc) is 3.02. The second-order valence-corrected chi connectivity index (χ2v) is 4.69. The third kappa shape index (κ3) is 2.98. The van der Waals surface area contributed by atoms with Crippen molar-refractivity contribution in [1.29, 1.82) is 0 Å². The number of para-hydroxylation sites is 1. The monoisotopic (exact) mass is 294 g/mol. The maximum absolute atomic E-state index is 12.1. The normalized spacial score (nSPS) is 10.4. The minimum Gasteiger partial charge on any atom is -0.343 e. The molecule has 2 aromatic heterocycles. The molecule has 1 aromatic carbocycles. The fourth-order valence-corrected chi connectivity index (χ4v) is 2.01. The van der Waals surface area contributed by atoms with Gasteiger partial charge in [0, 0.05) is 5.69 Å². The molecule has 0 saturated carbocycles. The molecule has 1 N–H and O–H groups in total. The number of pyridine rings is 1. The minimum absolute atomic E-state index is 0.219. The zero-order chi connectivity index (χ0) is 15.4. The van der Waals surface area contributed by atoms with E-state index in [4.69, 9.17) is 0 Å². The van der Waals surface area contributed by atoms with Crippen LogP contribution in [0, 0.1) is 6.92 Å². The Hall–Kier alpha value is -3.09. The van der Waals surface area contributed by atoms with E-state index in [0.29, 0.717) is 11.5 Å². The summed E-state index contributed by atoms with van der Waals surface area (Å²) in [5, 5.41) is 14.3. The van der Waals surface area contributed by atoms with Gasteiger partial charge in [-0.1, -0.05) is 24.3 Å². The molecule has 3 aromatic rings. The topological polar surface area (TPSA) is 85.6 Å². The molecule has 0 unspecified atom stereocenters. The van der Waals surface area contributed by atoms with Crippen molar-refractivity contribution in [3.05, 3.63) is 65.7 Å². The third-order valence-corrected chi connectivity index (χ3v) is 3.06. The number of aryl methyl sites for hydroxylation is 1. The highest BCUT2D eigenvalue weighted by atomic mass is 16.1. The second-order valence-electron chi connectivity index (χ2n) is 4.69. The lowest BCUT2D eigenvalue weighted by Gasteiger charge is -2.06. The maximum Gasteiger partial charge on any atom is 0.270 e. The number of benzene rings is 1. The average molecular weight is 294 g/mol. The molecular formula is C15H14N6O. The highest BCUT2D eigenvalue weighted by molar-refractivity contribution is 5.92. The number of nitrogens with zero attached hydrogens (tertiary/aromatic N) is 5. The van der Waals surface area contributed by atoms with E-state index in [9.17, 15) is 4.79 Å². The van der Waals surface area contributed by atoms with Gasteiger partial charge in [0.25, 0.3) is 5.91 Å². The van der Waals surface area contributed by atoms with Crippen LogP contribution in [0.2, 0.25) is 0 Å². The van der Waals surface area contributed by atoms with Crippen molar-refractivity contribution in [2.75, 3.05) is 0 Å². The summed E-state index contributed by atoms with van der Waals surface area (Å²) in [5.41, 5.74) is 2.01. The largest absolute Gasteiger partial charge is 0.343 e. The van der Waals surface area contributed by atoms with Crippen LogP contribution >= 0.6 is 0 Å². The molecule has 7 nitrogen and oxygen atoms in total. The number of aromatic nitrogens is 5. The Labute approximate surface area is 127 Å². The lowest BCUT2D eigenvalue weighted by molar-refractivity contribution is 0.0944. The van der Waals surface area contributed by atoms with Gasteiger partial charge in [0.2, 0.25) is 0 Å². The van der Waals surface area contributed by atoms with Gasteiger partial charge in [0.15, 0.2) is 5.82 Å². The lowest BCUT2D eigenvalue weighted by Crippen LogP contribution is -2.25. The van der Waals surface area contributed by atoms with Crippen molar-refractivity contribution < 1.29 is 4.79 Å². The van der Waals surface area contributed by atoms with E-state index < -0.39 is 0 Å². The number of tetrazole rings is 1. The van der Waals surface area contributed by atoms with Crippen LogP contribution in [0.3, 0.4) is 0 Å². The number of rotatable bonds is 4. The van der Waals surface area contributed by atoms with E-state index in [-0.39, 0.29) is 12.5 Å². The molecule has 3 rings (SSSR count). The molecule has 0 atom stereocenters. The molecule has 0 saturated heterocycles. The molecule has 7 heteroatoms. The number of hydrogen-bond acceptors (Lipinski definition) is 5. The van der Waals surface area contributed by atoms with Crippen LogP contribution in [0.5, 0.6) is 0 Å². The maximum atomic E-state index is 12.1. The Morgan fingerprint density at radius 3 is 2.73 bits per heavy atom. The molecule has 1 amide bonds. The summed E-state index contributed by atoms with van der Waals surface area (Å²) >= 11 is 0. The molecule has 0 bridgehead atoms. The Morgan fingerprint density at radius 2 is 1.95 bits per heavy atom. The zero-order valence-corrected chi connectivity index (χ0v) is 12.0. The van der Waals surface area contributed by atoms with Crippen LogP contribution in [0.4, 0.5) is 0 Å². The van der Waals surface area contributed by atoms with E-state index in [0.717, 1.165) is 11.4 Å². The molecule has 0 fully saturated rings. The number of amides is 1. The highest BCUT2D eigenvalue weighted by Crippen LogP contribution is 2.07. The summed E-state index contributed by atoms with van der Waals surface area (Å²) in [6, 6.07) is 14.8. The van der Waals surface area contributed by atoms with E-state index >= 15 is 0 Å². The fraction of sp³-hybridized carbons (Fsp3) is 0.133. The summed E-state index contributed by atoms with van der Waals surface area (Å²) in [7, 11) is 0. The van der Waals surface area contributed by atoms with Gasteiger partial charge < -0.3 is 5.32 Å². The molecule has 110 valence electrons. The van der Waals surface area contributed by atoms with Crippen molar-refractivity contribution in [3.63, 3.8) is 0 Å². The van der Waals surface area contributed by atoms with Gasteiger partial charge in [-0.3, -0.25) is 4.79 Å². The number of carbonyl (C=O) groups excluding carboxylic acids is 1. The summed E-state index contributed by atoms with van der Waals surface area (Å²) in [5.74, 6) is 0.290. The molecule has 0 aliphatic heterocycles. The first kappa shape index (κ1) is 13.9. The van der Waals surface area contributed by atoms with Crippen LogP contribution in [0.25, 0.3) is 5.69 Å². The second kappa shape index (κ2) is 6.13. The van der Waals surface area contributed by atoms with Gasteiger partial charge in [0.1, 0.15) is 5.69 Å². The summed E-state index contributed by atoms with van der Waals surface area (Å²) in [6.45, 7) is 2.06. The quantitative estimate of drug-likeness (QED) is 0.783. The Balaban J connectivity index is 1.73. The van der Waals surface area contributed by atoms with Crippen LogP contribution in [0.1, 0.15) is 22.0 Å². The summed E-state index contributed by atoms with van der Waals surface area (Å²) in [6.07, 6.45) is 0. The van der Waals surface area contributed by atoms with Crippen molar-refractivity contribution in [2.45, 2.75) is 13.5 Å². The molecule has 2 heterocycles. The lowest BCUT2D eigenvalue weighted by atomic mass is 10.3. The van der Waals surface area contributed by atoms with E-state index in [1.807, 2.05) is 43.3 Å². The third-order valence-electron chi connectivity index (χ3n) is 3.06. The molecule has 0 radical (unpaired) electrons. The standard InChI is InChI=1S/C15H14N6O/c1-11-6-5-9-13(17-11)15(22)16-10-14-18-19-20-21(14)12-7-3-2-4-8-12/h2-9H,10H2,1H3,(H,16,22). The number of nitrogens with one attached hydrogen (secondary N) is 1. The Bertz CT molecular complexity index is 783. The zero-order valence-electron chi connectivity index (χ0n) is 12.0. The number of carbonyl (C=O) groups is 1. The first-order valence-corrected chi connectivity index (χ1v) is 6.78. The predicted octanol–water partition coefficient (Wildman–Crippen LogP) is 1.30. The van der Waals surface area contributed by atoms with Gasteiger partial charge in [-0.25, -0.2) is 4.98 Å². The van der Waals surface area contributed by atoms with E-state index in [1.165, 1.54) is 0 Å².